The van der Waals surface area contributed by atoms with E-state index in [0.717, 1.165) is 0 Å². The molecule has 1 aromatic carbocycles. The van der Waals surface area contributed by atoms with Crippen molar-refractivity contribution in [3.63, 3.8) is 0 Å². The lowest BCUT2D eigenvalue weighted by Crippen LogP contribution is -2.42. The first-order valence-electron chi connectivity index (χ1n) is 4.70. The van der Waals surface area contributed by atoms with Crippen LogP contribution in [0.25, 0.3) is 0 Å². The Balaban J connectivity index is 2.87. The fourth-order valence-electron chi connectivity index (χ4n) is 1.29. The van der Waals surface area contributed by atoms with E-state index in [0.29, 0.717) is 17.7 Å². The van der Waals surface area contributed by atoms with Crippen LogP contribution in [-0.2, 0) is 6.42 Å². The number of halogens is 1. The van der Waals surface area contributed by atoms with Crippen LogP contribution in [0.4, 0.5) is 4.39 Å². The number of hydrogen-bond acceptors (Lipinski definition) is 3. The third-order valence-electron chi connectivity index (χ3n) is 2.22. The molecule has 1 atom stereocenters. The van der Waals surface area contributed by atoms with Crippen molar-refractivity contribution in [2.75, 3.05) is 13.7 Å². The van der Waals surface area contributed by atoms with Crippen LogP contribution in [0.15, 0.2) is 18.2 Å². The van der Waals surface area contributed by atoms with Crippen LogP contribution in [0.3, 0.4) is 0 Å². The number of benzene rings is 1. The fourth-order valence-corrected chi connectivity index (χ4v) is 1.29. The smallest absolute Gasteiger partial charge is 0.130 e. The summed E-state index contributed by atoms with van der Waals surface area (Å²) in [6, 6.07) is 4.60. The molecule has 0 heterocycles. The third kappa shape index (κ3) is 3.18. The summed E-state index contributed by atoms with van der Waals surface area (Å²) in [5, 5.41) is 8.97. The molecule has 0 aliphatic rings. The van der Waals surface area contributed by atoms with Gasteiger partial charge in [-0.3, -0.25) is 0 Å². The van der Waals surface area contributed by atoms with Gasteiger partial charge in [0, 0.05) is 11.6 Å². The molecule has 1 unspecified atom stereocenters. The van der Waals surface area contributed by atoms with Crippen LogP contribution >= 0.6 is 0 Å². The van der Waals surface area contributed by atoms with Gasteiger partial charge >= 0.3 is 0 Å². The molecule has 1 aromatic rings. The summed E-state index contributed by atoms with van der Waals surface area (Å²) in [7, 11) is 1.48. The number of aliphatic hydroxyl groups is 1. The lowest BCUT2D eigenvalue weighted by atomic mass is 9.94. The van der Waals surface area contributed by atoms with Gasteiger partial charge in [-0.1, -0.05) is 6.07 Å². The molecule has 3 nitrogen and oxygen atoms in total. The van der Waals surface area contributed by atoms with Crippen molar-refractivity contribution in [1.29, 1.82) is 0 Å². The lowest BCUT2D eigenvalue weighted by molar-refractivity contribution is 0.207. The molecule has 4 heteroatoms. The molecule has 84 valence electrons. The average molecular weight is 213 g/mol. The first-order chi connectivity index (χ1) is 6.98. The molecular formula is C11H16FNO2. The summed E-state index contributed by atoms with van der Waals surface area (Å²) in [4.78, 5) is 0. The number of hydrogen-bond donors (Lipinski definition) is 2. The van der Waals surface area contributed by atoms with Gasteiger partial charge in [-0.15, -0.1) is 0 Å². The normalized spacial score (nSPS) is 14.7. The molecule has 0 spiro atoms. The summed E-state index contributed by atoms with van der Waals surface area (Å²) in [6.45, 7) is 1.50. The largest absolute Gasteiger partial charge is 0.497 e. The molecular weight excluding hydrogens is 197 g/mol. The Kier molecular flexibility index (Phi) is 3.66. The minimum absolute atomic E-state index is 0.182. The SMILES string of the molecule is COc1ccc(CC(C)(N)CO)c(F)c1. The first kappa shape index (κ1) is 11.9. The molecule has 0 aliphatic heterocycles. The summed E-state index contributed by atoms with van der Waals surface area (Å²) in [5.41, 5.74) is 5.42. The van der Waals surface area contributed by atoms with E-state index >= 15 is 0 Å². The Morgan fingerprint density at radius 2 is 2.20 bits per heavy atom. The standard InChI is InChI=1S/C11H16FNO2/c1-11(13,7-14)6-8-3-4-9(15-2)5-10(8)12/h3-5,14H,6-7,13H2,1-2H3. The van der Waals surface area contributed by atoms with Crippen LogP contribution in [0.5, 0.6) is 5.75 Å². The van der Waals surface area contributed by atoms with Gasteiger partial charge in [-0.2, -0.15) is 0 Å². The van der Waals surface area contributed by atoms with Crippen LogP contribution < -0.4 is 10.5 Å². The van der Waals surface area contributed by atoms with Crippen LogP contribution in [0.2, 0.25) is 0 Å². The van der Waals surface area contributed by atoms with E-state index < -0.39 is 5.54 Å². The molecule has 0 radical (unpaired) electrons. The highest BCUT2D eigenvalue weighted by atomic mass is 19.1. The van der Waals surface area contributed by atoms with Gasteiger partial charge in [0.25, 0.3) is 0 Å². The lowest BCUT2D eigenvalue weighted by Gasteiger charge is -2.21. The van der Waals surface area contributed by atoms with E-state index in [-0.39, 0.29) is 12.4 Å². The second-order valence-corrected chi connectivity index (χ2v) is 3.95. The Morgan fingerprint density at radius 1 is 1.53 bits per heavy atom. The Morgan fingerprint density at radius 3 is 2.67 bits per heavy atom. The van der Waals surface area contributed by atoms with Crippen molar-refractivity contribution < 1.29 is 14.2 Å². The van der Waals surface area contributed by atoms with Gasteiger partial charge in [0.1, 0.15) is 11.6 Å². The van der Waals surface area contributed by atoms with E-state index in [1.165, 1.54) is 13.2 Å². The second-order valence-electron chi connectivity index (χ2n) is 3.95. The zero-order valence-corrected chi connectivity index (χ0v) is 8.96. The maximum atomic E-state index is 13.5. The molecule has 1 rings (SSSR count). The molecule has 0 fully saturated rings. The number of methoxy groups -OCH3 is 1. The minimum atomic E-state index is -0.796. The predicted octanol–water partition coefficient (Wildman–Crippen LogP) is 1.09. The quantitative estimate of drug-likeness (QED) is 0.787. The third-order valence-corrected chi connectivity index (χ3v) is 2.22. The summed E-state index contributed by atoms with van der Waals surface area (Å²) < 4.78 is 18.4. The Bertz CT molecular complexity index is 339. The predicted molar refractivity (Wildman–Crippen MR) is 56.3 cm³/mol. The summed E-state index contributed by atoms with van der Waals surface area (Å²) in [6.07, 6.45) is 0.291. The van der Waals surface area contributed by atoms with Crippen LogP contribution in [-0.4, -0.2) is 24.4 Å². The monoisotopic (exact) mass is 213 g/mol. The fraction of sp³-hybridized carbons (Fsp3) is 0.455. The van der Waals surface area contributed by atoms with Gasteiger partial charge < -0.3 is 15.6 Å². The van der Waals surface area contributed by atoms with Crippen LogP contribution in [0.1, 0.15) is 12.5 Å². The van der Waals surface area contributed by atoms with Gasteiger partial charge in [-0.05, 0) is 25.0 Å². The summed E-state index contributed by atoms with van der Waals surface area (Å²) in [5.74, 6) is 0.110. The average Bonchev–Trinajstić information content (AvgIpc) is 2.21. The van der Waals surface area contributed by atoms with Crippen molar-refractivity contribution in [1.82, 2.24) is 0 Å². The number of rotatable bonds is 4. The van der Waals surface area contributed by atoms with Crippen LogP contribution in [0, 0.1) is 5.82 Å². The second kappa shape index (κ2) is 4.59. The number of ether oxygens (including phenoxy) is 1. The van der Waals surface area contributed by atoms with Crippen molar-refractivity contribution in [3.05, 3.63) is 29.6 Å². The molecule has 0 bridgehead atoms. The summed E-state index contributed by atoms with van der Waals surface area (Å²) >= 11 is 0. The maximum Gasteiger partial charge on any atom is 0.130 e. The topological polar surface area (TPSA) is 55.5 Å². The molecule has 0 saturated heterocycles. The zero-order chi connectivity index (χ0) is 11.5. The van der Waals surface area contributed by atoms with Crippen molar-refractivity contribution in [2.24, 2.45) is 5.73 Å². The first-order valence-corrected chi connectivity index (χ1v) is 4.70. The van der Waals surface area contributed by atoms with Crippen molar-refractivity contribution >= 4 is 0 Å². The highest BCUT2D eigenvalue weighted by molar-refractivity contribution is 5.29. The maximum absolute atomic E-state index is 13.5. The zero-order valence-electron chi connectivity index (χ0n) is 8.96. The van der Waals surface area contributed by atoms with Crippen molar-refractivity contribution in [3.8, 4) is 5.75 Å². The van der Waals surface area contributed by atoms with E-state index in [2.05, 4.69) is 0 Å². The number of aliphatic hydroxyl groups excluding tert-OH is 1. The number of nitrogens with two attached hydrogens (primary N) is 1. The van der Waals surface area contributed by atoms with E-state index in [9.17, 15) is 4.39 Å². The molecule has 15 heavy (non-hydrogen) atoms. The van der Waals surface area contributed by atoms with E-state index in [1.807, 2.05) is 0 Å². The molecule has 0 saturated carbocycles. The Hall–Kier alpha value is -1.13. The minimum Gasteiger partial charge on any atom is -0.497 e. The van der Waals surface area contributed by atoms with Gasteiger partial charge in [0.2, 0.25) is 0 Å². The van der Waals surface area contributed by atoms with Gasteiger partial charge in [0.15, 0.2) is 0 Å². The molecule has 0 amide bonds. The molecule has 0 aliphatic carbocycles. The highest BCUT2D eigenvalue weighted by Crippen LogP contribution is 2.19. The van der Waals surface area contributed by atoms with Gasteiger partial charge in [-0.25, -0.2) is 4.39 Å². The molecule has 0 aromatic heterocycles. The van der Waals surface area contributed by atoms with E-state index in [4.69, 9.17) is 15.6 Å². The highest BCUT2D eigenvalue weighted by Gasteiger charge is 2.19. The van der Waals surface area contributed by atoms with Crippen molar-refractivity contribution in [2.45, 2.75) is 18.9 Å². The van der Waals surface area contributed by atoms with E-state index in [1.54, 1.807) is 19.1 Å². The molecule has 3 N–H and O–H groups in total. The Labute approximate surface area is 88.7 Å². The van der Waals surface area contributed by atoms with Gasteiger partial charge in [0.05, 0.1) is 13.7 Å².